The third kappa shape index (κ3) is 3.34. The smallest absolute Gasteiger partial charge is 0.169 e. The molecule has 0 saturated heterocycles. The van der Waals surface area contributed by atoms with Crippen LogP contribution in [0.5, 0.6) is 17.2 Å². The van der Waals surface area contributed by atoms with Crippen LogP contribution >= 0.6 is 90.4 Å². The van der Waals surface area contributed by atoms with Crippen molar-refractivity contribution in [3.05, 3.63) is 44.6 Å². The molecule has 0 radical (unpaired) electrons. The minimum Gasteiger partial charge on any atom is -0.504 e. The van der Waals surface area contributed by atoms with Crippen LogP contribution in [0.25, 0.3) is 0 Å². The summed E-state index contributed by atoms with van der Waals surface area (Å²) >= 11 is 9.18. The molecule has 0 heterocycles. The predicted octanol–water partition coefficient (Wildman–Crippen LogP) is 5.60. The molecule has 0 spiro atoms. The van der Waals surface area contributed by atoms with E-state index >= 15 is 0 Å². The van der Waals surface area contributed by atoms with Crippen LogP contribution in [-0.4, -0.2) is 5.11 Å². The molecule has 0 amide bonds. The second kappa shape index (κ2) is 6.61. The number of ether oxygens (including phenoxy) is 1. The van der Waals surface area contributed by atoms with Crippen molar-refractivity contribution in [3.8, 4) is 17.2 Å². The number of aromatic hydroxyl groups is 1. The molecule has 0 aliphatic rings. The average molecular weight is 690 g/mol. The van der Waals surface area contributed by atoms with Gasteiger partial charge in [-0.3, -0.25) is 0 Å². The fourth-order valence-corrected chi connectivity index (χ4v) is 4.39. The molecule has 0 bridgehead atoms. The Balaban J connectivity index is 2.45. The second-order valence-electron chi connectivity index (χ2n) is 3.37. The van der Waals surface area contributed by atoms with Crippen molar-refractivity contribution in [2.24, 2.45) is 0 Å². The van der Waals surface area contributed by atoms with E-state index in [2.05, 4.69) is 90.4 Å². The van der Waals surface area contributed by atoms with Gasteiger partial charge in [-0.05, 0) is 109 Å². The zero-order chi connectivity index (χ0) is 13.3. The standard InChI is InChI=1S/C12H6I4O2/c13-6-5-9(11(15)12(16)10(6)14)18-8-4-2-1-3-7(8)17/h1-5,17H. The fraction of sp³-hybridized carbons (Fsp3) is 0. The summed E-state index contributed by atoms with van der Waals surface area (Å²) in [6.07, 6.45) is 0. The number of benzene rings is 2. The lowest BCUT2D eigenvalue weighted by Crippen LogP contribution is -1.95. The van der Waals surface area contributed by atoms with Crippen molar-refractivity contribution in [2.75, 3.05) is 0 Å². The van der Waals surface area contributed by atoms with E-state index in [0.29, 0.717) is 5.75 Å². The van der Waals surface area contributed by atoms with Crippen molar-refractivity contribution in [1.29, 1.82) is 0 Å². The van der Waals surface area contributed by atoms with E-state index in [9.17, 15) is 5.11 Å². The second-order valence-corrected chi connectivity index (χ2v) is 7.77. The molecule has 94 valence electrons. The summed E-state index contributed by atoms with van der Waals surface area (Å²) in [5.74, 6) is 1.39. The van der Waals surface area contributed by atoms with Gasteiger partial charge in [-0.1, -0.05) is 12.1 Å². The van der Waals surface area contributed by atoms with Crippen LogP contribution in [0.1, 0.15) is 0 Å². The van der Waals surface area contributed by atoms with Gasteiger partial charge in [0.1, 0.15) is 5.75 Å². The summed E-state index contributed by atoms with van der Waals surface area (Å²) in [4.78, 5) is 0. The maximum absolute atomic E-state index is 9.72. The van der Waals surface area contributed by atoms with E-state index < -0.39 is 0 Å². The first kappa shape index (κ1) is 15.4. The highest BCUT2D eigenvalue weighted by Crippen LogP contribution is 2.37. The molecule has 18 heavy (non-hydrogen) atoms. The Morgan fingerprint density at radius 1 is 0.833 bits per heavy atom. The molecule has 0 atom stereocenters. The van der Waals surface area contributed by atoms with Crippen LogP contribution in [0.2, 0.25) is 0 Å². The number of rotatable bonds is 2. The van der Waals surface area contributed by atoms with Gasteiger partial charge in [-0.25, -0.2) is 0 Å². The van der Waals surface area contributed by atoms with Crippen molar-refractivity contribution in [1.82, 2.24) is 0 Å². The Kier molecular flexibility index (Phi) is 5.64. The molecule has 6 heteroatoms. The largest absolute Gasteiger partial charge is 0.504 e. The van der Waals surface area contributed by atoms with E-state index in [4.69, 9.17) is 4.74 Å². The zero-order valence-corrected chi connectivity index (χ0v) is 17.4. The molecule has 0 aromatic heterocycles. The third-order valence-electron chi connectivity index (χ3n) is 2.15. The molecule has 1 N–H and O–H groups in total. The molecule has 2 rings (SSSR count). The van der Waals surface area contributed by atoms with E-state index in [1.165, 1.54) is 7.14 Å². The maximum Gasteiger partial charge on any atom is 0.169 e. The zero-order valence-electron chi connectivity index (χ0n) is 8.75. The van der Waals surface area contributed by atoms with Gasteiger partial charge in [0.15, 0.2) is 11.5 Å². The quantitative estimate of drug-likeness (QED) is 0.253. The average Bonchev–Trinajstić information content (AvgIpc) is 2.36. The van der Waals surface area contributed by atoms with Gasteiger partial charge in [0.05, 0.1) is 3.57 Å². The maximum atomic E-state index is 9.72. The van der Waals surface area contributed by atoms with Crippen LogP contribution in [0, 0.1) is 14.3 Å². The van der Waals surface area contributed by atoms with Crippen molar-refractivity contribution in [2.45, 2.75) is 0 Å². The van der Waals surface area contributed by atoms with E-state index in [1.54, 1.807) is 18.2 Å². The fourth-order valence-electron chi connectivity index (χ4n) is 1.29. The number of phenols is 1. The number of hydrogen-bond acceptors (Lipinski definition) is 2. The summed E-state index contributed by atoms with van der Waals surface area (Å²) in [7, 11) is 0. The van der Waals surface area contributed by atoms with Gasteiger partial charge in [-0.15, -0.1) is 0 Å². The molecule has 0 aliphatic carbocycles. The van der Waals surface area contributed by atoms with Crippen molar-refractivity contribution >= 4 is 90.4 Å². The predicted molar refractivity (Wildman–Crippen MR) is 105 cm³/mol. The van der Waals surface area contributed by atoms with Gasteiger partial charge in [0, 0.05) is 10.7 Å². The molecule has 0 fully saturated rings. The SMILES string of the molecule is Oc1ccccc1Oc1cc(I)c(I)c(I)c1I. The van der Waals surface area contributed by atoms with E-state index in [0.717, 1.165) is 12.9 Å². The lowest BCUT2D eigenvalue weighted by atomic mass is 10.3. The summed E-state index contributed by atoms with van der Waals surface area (Å²) in [5.41, 5.74) is 0. The highest BCUT2D eigenvalue weighted by molar-refractivity contribution is 14.1. The number of phenolic OH excluding ortho intramolecular Hbond substituents is 1. The van der Waals surface area contributed by atoms with Crippen molar-refractivity contribution in [3.63, 3.8) is 0 Å². The van der Waals surface area contributed by atoms with Crippen LogP contribution < -0.4 is 4.74 Å². The minimum absolute atomic E-state index is 0.150. The molecule has 0 aliphatic heterocycles. The highest BCUT2D eigenvalue weighted by Gasteiger charge is 2.14. The first-order chi connectivity index (χ1) is 8.50. The Bertz CT molecular complexity index is 599. The molecule has 2 aromatic rings. The Morgan fingerprint density at radius 2 is 1.50 bits per heavy atom. The molecule has 0 unspecified atom stereocenters. The van der Waals surface area contributed by atoms with Crippen LogP contribution in [-0.2, 0) is 0 Å². The minimum atomic E-state index is 0.150. The summed E-state index contributed by atoms with van der Waals surface area (Å²) < 4.78 is 10.4. The number of halogens is 4. The summed E-state index contributed by atoms with van der Waals surface area (Å²) in [6.45, 7) is 0. The van der Waals surface area contributed by atoms with Crippen LogP contribution in [0.4, 0.5) is 0 Å². The van der Waals surface area contributed by atoms with E-state index in [-0.39, 0.29) is 5.75 Å². The molecule has 2 aromatic carbocycles. The number of hydrogen-bond donors (Lipinski definition) is 1. The van der Waals surface area contributed by atoms with Gasteiger partial charge in [0.2, 0.25) is 0 Å². The lowest BCUT2D eigenvalue weighted by molar-refractivity contribution is 0.409. The first-order valence-electron chi connectivity index (χ1n) is 4.79. The lowest BCUT2D eigenvalue weighted by Gasteiger charge is -2.12. The topological polar surface area (TPSA) is 29.5 Å². The van der Waals surface area contributed by atoms with Gasteiger partial charge < -0.3 is 9.84 Å². The highest BCUT2D eigenvalue weighted by atomic mass is 127. The molecular formula is C12H6I4O2. The van der Waals surface area contributed by atoms with Crippen molar-refractivity contribution < 1.29 is 9.84 Å². The monoisotopic (exact) mass is 690 g/mol. The third-order valence-corrected chi connectivity index (χ3v) is 9.37. The molecule has 2 nitrogen and oxygen atoms in total. The Labute approximate surface area is 159 Å². The van der Waals surface area contributed by atoms with Crippen LogP contribution in [0.15, 0.2) is 30.3 Å². The Hall–Kier alpha value is 0.960. The summed E-state index contributed by atoms with van der Waals surface area (Å²) in [5, 5.41) is 9.72. The van der Waals surface area contributed by atoms with E-state index in [1.807, 2.05) is 12.1 Å². The summed E-state index contributed by atoms with van der Waals surface area (Å²) in [6, 6.07) is 8.96. The normalized spacial score (nSPS) is 10.4. The van der Waals surface area contributed by atoms with Gasteiger partial charge >= 0.3 is 0 Å². The molecule has 0 saturated carbocycles. The van der Waals surface area contributed by atoms with Crippen LogP contribution in [0.3, 0.4) is 0 Å². The van der Waals surface area contributed by atoms with Gasteiger partial charge in [0.25, 0.3) is 0 Å². The Morgan fingerprint density at radius 3 is 2.17 bits per heavy atom. The molecular weight excluding hydrogens is 684 g/mol. The van der Waals surface area contributed by atoms with Gasteiger partial charge in [-0.2, -0.15) is 0 Å². The number of para-hydroxylation sites is 2. The first-order valence-corrected chi connectivity index (χ1v) is 9.11.